The van der Waals surface area contributed by atoms with E-state index < -0.39 is 17.4 Å². The number of benzene rings is 1. The zero-order valence-electron chi connectivity index (χ0n) is 21.2. The second-order valence-electron chi connectivity index (χ2n) is 11.5. The maximum Gasteiger partial charge on any atom is 0.418 e. The molecule has 0 unspecified atom stereocenters. The van der Waals surface area contributed by atoms with Gasteiger partial charge in [0.15, 0.2) is 0 Å². The second kappa shape index (κ2) is 8.05. The van der Waals surface area contributed by atoms with Crippen LogP contribution in [0.15, 0.2) is 53.8 Å². The molecule has 1 spiro atoms. The van der Waals surface area contributed by atoms with E-state index in [9.17, 15) is 18.0 Å². The third-order valence-corrected chi connectivity index (χ3v) is 9.03. The molecule has 10 heteroatoms. The summed E-state index contributed by atoms with van der Waals surface area (Å²) in [5.74, 6) is 0.856. The largest absolute Gasteiger partial charge is 0.418 e. The quantitative estimate of drug-likeness (QED) is 0.382. The molecule has 2 aliphatic carbocycles. The molecule has 1 aliphatic heterocycles. The highest BCUT2D eigenvalue weighted by molar-refractivity contribution is 5.58. The lowest BCUT2D eigenvalue weighted by Crippen LogP contribution is -2.38. The zero-order valence-corrected chi connectivity index (χ0v) is 21.2. The molecule has 198 valence electrons. The molecule has 7 nitrogen and oxygen atoms in total. The number of pyridine rings is 1. The lowest BCUT2D eigenvalue weighted by molar-refractivity contribution is -0.136. The number of aryl methyl sites for hydroxylation is 1. The minimum atomic E-state index is -4.58. The average molecular weight is 523 g/mol. The molecule has 0 bridgehead atoms. The molecule has 38 heavy (non-hydrogen) atoms. The Labute approximate surface area is 217 Å². The molecule has 1 saturated heterocycles. The first kappa shape index (κ1) is 23.7. The minimum absolute atomic E-state index is 0.136. The van der Waals surface area contributed by atoms with Crippen molar-refractivity contribution < 1.29 is 13.2 Å². The Morgan fingerprint density at radius 2 is 1.87 bits per heavy atom. The lowest BCUT2D eigenvalue weighted by atomic mass is 9.63. The smallest absolute Gasteiger partial charge is 0.320 e. The van der Waals surface area contributed by atoms with Gasteiger partial charge in [-0.2, -0.15) is 13.2 Å². The van der Waals surface area contributed by atoms with Crippen molar-refractivity contribution >= 4 is 5.52 Å². The van der Waals surface area contributed by atoms with Crippen molar-refractivity contribution in [2.24, 2.45) is 12.5 Å². The van der Waals surface area contributed by atoms with E-state index in [4.69, 9.17) is 0 Å². The van der Waals surface area contributed by atoms with Crippen LogP contribution in [0, 0.1) is 5.41 Å². The highest BCUT2D eigenvalue weighted by Gasteiger charge is 2.47. The fourth-order valence-corrected chi connectivity index (χ4v) is 6.59. The van der Waals surface area contributed by atoms with E-state index in [0.717, 1.165) is 54.6 Å². The molecule has 3 aromatic heterocycles. The van der Waals surface area contributed by atoms with E-state index in [1.165, 1.54) is 29.7 Å². The average Bonchev–Trinajstić information content (AvgIpc) is 3.12. The Morgan fingerprint density at radius 1 is 1.05 bits per heavy atom. The monoisotopic (exact) mass is 522 g/mol. The summed E-state index contributed by atoms with van der Waals surface area (Å²) in [6.45, 7) is 2.21. The first-order chi connectivity index (χ1) is 18.2. The molecule has 0 radical (unpaired) electrons. The van der Waals surface area contributed by atoms with E-state index in [2.05, 4.69) is 15.1 Å². The van der Waals surface area contributed by atoms with Crippen LogP contribution in [0.4, 0.5) is 13.2 Å². The van der Waals surface area contributed by atoms with Gasteiger partial charge in [-0.3, -0.25) is 13.9 Å². The van der Waals surface area contributed by atoms with Gasteiger partial charge < -0.3 is 4.57 Å². The number of halogens is 3. The summed E-state index contributed by atoms with van der Waals surface area (Å²) >= 11 is 0. The van der Waals surface area contributed by atoms with Crippen LogP contribution in [-0.2, 0) is 25.2 Å². The standard InChI is InChI=1S/C28H29F3N6O/c1-34-18-32-33-24(34)27(6-3-7-27)20-4-2-5-21(13-20)36-16-23-22(28(29,30)31)12-19(15-37(23)25(36)38)14-35-11-10-26(17-35)8-9-26/h2,4-5,12-13,15-16,18H,3,6-11,14,17H2,1H3. The van der Waals surface area contributed by atoms with Crippen LogP contribution >= 0.6 is 0 Å². The second-order valence-corrected chi connectivity index (χ2v) is 11.5. The highest BCUT2D eigenvalue weighted by atomic mass is 19.4. The predicted molar refractivity (Wildman–Crippen MR) is 135 cm³/mol. The van der Waals surface area contributed by atoms with Crippen molar-refractivity contribution in [1.82, 2.24) is 28.6 Å². The van der Waals surface area contributed by atoms with Crippen LogP contribution in [0.5, 0.6) is 0 Å². The van der Waals surface area contributed by atoms with Crippen LogP contribution in [0.1, 0.15) is 61.0 Å². The van der Waals surface area contributed by atoms with E-state index in [1.807, 2.05) is 29.8 Å². The Bertz CT molecular complexity index is 1600. The molecular weight excluding hydrogens is 493 g/mol. The van der Waals surface area contributed by atoms with E-state index in [-0.39, 0.29) is 10.9 Å². The molecule has 2 saturated carbocycles. The third-order valence-electron chi connectivity index (χ3n) is 9.03. The summed E-state index contributed by atoms with van der Waals surface area (Å²) in [7, 11) is 1.91. The third kappa shape index (κ3) is 3.64. The molecule has 3 aliphatic rings. The van der Waals surface area contributed by atoms with E-state index in [1.54, 1.807) is 18.6 Å². The molecule has 7 rings (SSSR count). The number of alkyl halides is 3. The van der Waals surface area contributed by atoms with Gasteiger partial charge in [0.1, 0.15) is 12.2 Å². The maximum absolute atomic E-state index is 14.2. The van der Waals surface area contributed by atoms with Gasteiger partial charge in [0.05, 0.1) is 22.2 Å². The fraction of sp³-hybridized carbons (Fsp3) is 0.464. The lowest BCUT2D eigenvalue weighted by Gasteiger charge is -2.41. The summed E-state index contributed by atoms with van der Waals surface area (Å²) < 4.78 is 47.0. The first-order valence-electron chi connectivity index (χ1n) is 13.2. The number of aromatic nitrogens is 5. The molecule has 0 N–H and O–H groups in total. The van der Waals surface area contributed by atoms with Gasteiger partial charge in [-0.1, -0.05) is 18.6 Å². The summed E-state index contributed by atoms with van der Waals surface area (Å²) in [6.07, 6.45) is 6.35. The van der Waals surface area contributed by atoms with Crippen molar-refractivity contribution in [3.8, 4) is 5.69 Å². The maximum atomic E-state index is 14.2. The van der Waals surface area contributed by atoms with Crippen molar-refractivity contribution in [2.45, 2.75) is 56.7 Å². The van der Waals surface area contributed by atoms with Crippen LogP contribution in [0.3, 0.4) is 0 Å². The van der Waals surface area contributed by atoms with Crippen LogP contribution in [-0.4, -0.2) is 41.7 Å². The molecule has 3 fully saturated rings. The number of fused-ring (bicyclic) bond motifs is 1. The molecular formula is C28H29F3N6O. The van der Waals surface area contributed by atoms with E-state index >= 15 is 0 Å². The predicted octanol–water partition coefficient (Wildman–Crippen LogP) is 4.69. The van der Waals surface area contributed by atoms with Crippen LogP contribution < -0.4 is 5.69 Å². The molecule has 1 aromatic carbocycles. The summed E-state index contributed by atoms with van der Waals surface area (Å²) in [5, 5.41) is 8.41. The summed E-state index contributed by atoms with van der Waals surface area (Å²) in [4.78, 5) is 15.8. The summed E-state index contributed by atoms with van der Waals surface area (Å²) in [5.41, 5.74) is 0.667. The van der Waals surface area contributed by atoms with Gasteiger partial charge in [-0.15, -0.1) is 10.2 Å². The number of rotatable bonds is 5. The Morgan fingerprint density at radius 3 is 2.50 bits per heavy atom. The highest BCUT2D eigenvalue weighted by Crippen LogP contribution is 2.53. The molecule has 0 atom stereocenters. The zero-order chi connectivity index (χ0) is 26.3. The van der Waals surface area contributed by atoms with Crippen molar-refractivity contribution in [1.29, 1.82) is 0 Å². The van der Waals surface area contributed by atoms with Gasteiger partial charge in [0, 0.05) is 32.5 Å². The van der Waals surface area contributed by atoms with Gasteiger partial charge >= 0.3 is 11.9 Å². The van der Waals surface area contributed by atoms with Crippen molar-refractivity contribution in [3.05, 3.63) is 82.1 Å². The Hall–Kier alpha value is -3.40. The number of nitrogens with zero attached hydrogens (tertiary/aromatic N) is 6. The van der Waals surface area contributed by atoms with Gasteiger partial charge in [-0.25, -0.2) is 4.79 Å². The Balaban J connectivity index is 1.31. The van der Waals surface area contributed by atoms with Crippen molar-refractivity contribution in [3.63, 3.8) is 0 Å². The molecule has 0 amide bonds. The van der Waals surface area contributed by atoms with Crippen molar-refractivity contribution in [2.75, 3.05) is 13.1 Å². The van der Waals surface area contributed by atoms with Gasteiger partial charge in [-0.05, 0) is 73.4 Å². The van der Waals surface area contributed by atoms with Crippen LogP contribution in [0.25, 0.3) is 11.2 Å². The van der Waals surface area contributed by atoms with Gasteiger partial charge in [0.2, 0.25) is 0 Å². The normalized spacial score (nSPS) is 20.3. The summed E-state index contributed by atoms with van der Waals surface area (Å²) in [6, 6.07) is 8.74. The van der Waals surface area contributed by atoms with Gasteiger partial charge in [0.25, 0.3) is 0 Å². The number of imidazole rings is 1. The van der Waals surface area contributed by atoms with E-state index in [0.29, 0.717) is 23.2 Å². The SMILES string of the molecule is Cn1cnnc1C1(c2cccc(-n3cc4c(C(F)(F)F)cc(CN5CCC6(CC6)C5)cn4c3=O)c2)CCC1. The molecule has 4 aromatic rings. The number of hydrogen-bond acceptors (Lipinski definition) is 4. The topological polar surface area (TPSA) is 60.4 Å². The first-order valence-corrected chi connectivity index (χ1v) is 13.2. The number of hydrogen-bond donors (Lipinski definition) is 0. The molecule has 4 heterocycles. The fourth-order valence-electron chi connectivity index (χ4n) is 6.59. The Kier molecular flexibility index (Phi) is 5.02. The van der Waals surface area contributed by atoms with Crippen LogP contribution in [0.2, 0.25) is 0 Å². The number of likely N-dealkylation sites (tertiary alicyclic amines) is 1. The minimum Gasteiger partial charge on any atom is -0.320 e.